The van der Waals surface area contributed by atoms with E-state index in [0.29, 0.717) is 6.42 Å². The summed E-state index contributed by atoms with van der Waals surface area (Å²) >= 11 is 0. The number of carbonyl (C=O) groups is 2. The number of carbonyl (C=O) groups excluding carboxylic acids is 2. The predicted octanol–water partition coefficient (Wildman–Crippen LogP) is 3.69. The van der Waals surface area contributed by atoms with Crippen molar-refractivity contribution in [2.75, 3.05) is 0 Å². The minimum absolute atomic E-state index is 0.0749. The van der Waals surface area contributed by atoms with Crippen LogP contribution in [0.2, 0.25) is 0 Å². The molecule has 1 aliphatic heterocycles. The molecule has 1 N–H and O–H groups in total. The zero-order valence-electron chi connectivity index (χ0n) is 14.5. The Morgan fingerprint density at radius 1 is 1.30 bits per heavy atom. The minimum Gasteiger partial charge on any atom is -0.458 e. The van der Waals surface area contributed by atoms with Crippen LogP contribution in [0.3, 0.4) is 0 Å². The smallest absolute Gasteiger partial charge is 0.303 e. The first-order valence-corrected chi connectivity index (χ1v) is 8.38. The van der Waals surface area contributed by atoms with E-state index < -0.39 is 0 Å². The lowest BCUT2D eigenvalue weighted by atomic mass is 9.93. The molecular formula is C19H29NO3. The van der Waals surface area contributed by atoms with Crippen molar-refractivity contribution in [2.45, 2.75) is 65.0 Å². The maximum absolute atomic E-state index is 12.1. The lowest BCUT2D eigenvalue weighted by molar-refractivity contribution is -0.144. The van der Waals surface area contributed by atoms with Gasteiger partial charge in [0, 0.05) is 13.3 Å². The van der Waals surface area contributed by atoms with Crippen molar-refractivity contribution in [3.05, 3.63) is 36.5 Å². The monoisotopic (exact) mass is 319 g/mol. The number of amides is 1. The van der Waals surface area contributed by atoms with Crippen LogP contribution in [0, 0.1) is 5.92 Å². The van der Waals surface area contributed by atoms with Crippen molar-refractivity contribution in [1.82, 2.24) is 5.32 Å². The zero-order chi connectivity index (χ0) is 17.2. The van der Waals surface area contributed by atoms with Gasteiger partial charge in [0.05, 0.1) is 6.04 Å². The van der Waals surface area contributed by atoms with E-state index in [1.165, 1.54) is 6.92 Å². The molecular weight excluding hydrogens is 290 g/mol. The first kappa shape index (κ1) is 19.2. The largest absolute Gasteiger partial charge is 0.458 e. The molecule has 4 nitrogen and oxygen atoms in total. The van der Waals surface area contributed by atoms with Gasteiger partial charge in [-0.25, -0.2) is 0 Å². The van der Waals surface area contributed by atoms with Crippen molar-refractivity contribution in [3.8, 4) is 0 Å². The third-order valence-electron chi connectivity index (χ3n) is 4.05. The number of hydrogen-bond donors (Lipinski definition) is 1. The van der Waals surface area contributed by atoms with Gasteiger partial charge in [-0.2, -0.15) is 0 Å². The molecule has 0 spiro atoms. The molecule has 2 unspecified atom stereocenters. The maximum atomic E-state index is 12.1. The summed E-state index contributed by atoms with van der Waals surface area (Å²) in [5, 5.41) is 3.11. The average Bonchev–Trinajstić information content (AvgIpc) is 2.47. The van der Waals surface area contributed by atoms with E-state index in [-0.39, 0.29) is 29.9 Å². The lowest BCUT2D eigenvalue weighted by Gasteiger charge is -2.25. The van der Waals surface area contributed by atoms with Gasteiger partial charge in [0.15, 0.2) is 0 Å². The molecule has 0 saturated carbocycles. The Labute approximate surface area is 139 Å². The van der Waals surface area contributed by atoms with Crippen LogP contribution in [0.5, 0.6) is 0 Å². The van der Waals surface area contributed by atoms with Crippen LogP contribution in [0.15, 0.2) is 36.5 Å². The third kappa shape index (κ3) is 7.31. The van der Waals surface area contributed by atoms with Crippen LogP contribution < -0.4 is 5.32 Å². The van der Waals surface area contributed by atoms with E-state index in [1.807, 2.05) is 25.2 Å². The van der Waals surface area contributed by atoms with Crippen molar-refractivity contribution < 1.29 is 14.3 Å². The summed E-state index contributed by atoms with van der Waals surface area (Å²) in [7, 11) is 0. The molecule has 0 aromatic heterocycles. The normalized spacial score (nSPS) is 27.3. The van der Waals surface area contributed by atoms with Crippen LogP contribution in [-0.4, -0.2) is 24.0 Å². The molecule has 1 heterocycles. The van der Waals surface area contributed by atoms with Gasteiger partial charge >= 0.3 is 5.97 Å². The summed E-state index contributed by atoms with van der Waals surface area (Å²) < 4.78 is 5.36. The van der Waals surface area contributed by atoms with Crippen LogP contribution in [0.1, 0.15) is 52.9 Å². The van der Waals surface area contributed by atoms with Gasteiger partial charge in [-0.3, -0.25) is 9.59 Å². The second-order valence-corrected chi connectivity index (χ2v) is 6.18. The summed E-state index contributed by atoms with van der Waals surface area (Å²) in [6.45, 7) is 9.21. The fourth-order valence-corrected chi connectivity index (χ4v) is 2.82. The third-order valence-corrected chi connectivity index (χ3v) is 4.05. The lowest BCUT2D eigenvalue weighted by Crippen LogP contribution is -2.39. The molecule has 0 aliphatic carbocycles. The van der Waals surface area contributed by atoms with E-state index in [4.69, 9.17) is 4.74 Å². The fraction of sp³-hybridized carbons (Fsp3) is 0.579. The molecule has 3 atom stereocenters. The SMILES string of the molecule is C=CC=C(C)C1NC(=O)CCCCCC(OC(C)=O)C=C[C@@H]1C. The molecule has 1 amide bonds. The molecule has 1 rings (SSSR count). The Hall–Kier alpha value is -1.84. The molecule has 0 aromatic rings. The Morgan fingerprint density at radius 3 is 2.70 bits per heavy atom. The van der Waals surface area contributed by atoms with Crippen LogP contribution in [0.4, 0.5) is 0 Å². The topological polar surface area (TPSA) is 55.4 Å². The highest BCUT2D eigenvalue weighted by atomic mass is 16.5. The molecule has 0 saturated heterocycles. The summed E-state index contributed by atoms with van der Waals surface area (Å²) in [5.74, 6) is -0.0659. The molecule has 0 aromatic carbocycles. The van der Waals surface area contributed by atoms with Gasteiger partial charge < -0.3 is 10.1 Å². The summed E-state index contributed by atoms with van der Waals surface area (Å²) in [5.41, 5.74) is 1.06. The van der Waals surface area contributed by atoms with Gasteiger partial charge in [-0.15, -0.1) is 0 Å². The first-order valence-electron chi connectivity index (χ1n) is 8.38. The molecule has 128 valence electrons. The highest BCUT2D eigenvalue weighted by Gasteiger charge is 2.20. The van der Waals surface area contributed by atoms with Crippen LogP contribution in [-0.2, 0) is 14.3 Å². The summed E-state index contributed by atoms with van der Waals surface area (Å²) in [6.07, 6.45) is 11.5. The van der Waals surface area contributed by atoms with E-state index in [1.54, 1.807) is 6.08 Å². The van der Waals surface area contributed by atoms with E-state index in [0.717, 1.165) is 31.3 Å². The number of ether oxygens (including phenoxy) is 1. The Bertz CT molecular complexity index is 479. The van der Waals surface area contributed by atoms with Gasteiger partial charge in [0.2, 0.25) is 5.91 Å². The Balaban J connectivity index is 2.96. The first-order chi connectivity index (χ1) is 10.9. The maximum Gasteiger partial charge on any atom is 0.303 e. The van der Waals surface area contributed by atoms with Crippen molar-refractivity contribution >= 4 is 11.9 Å². The summed E-state index contributed by atoms with van der Waals surface area (Å²) in [6, 6.07) is -0.0749. The second kappa shape index (κ2) is 10.0. The second-order valence-electron chi connectivity index (χ2n) is 6.18. The predicted molar refractivity (Wildman–Crippen MR) is 92.8 cm³/mol. The number of nitrogens with one attached hydrogen (secondary N) is 1. The molecule has 0 bridgehead atoms. The van der Waals surface area contributed by atoms with E-state index in [9.17, 15) is 9.59 Å². The van der Waals surface area contributed by atoms with Crippen LogP contribution >= 0.6 is 0 Å². The van der Waals surface area contributed by atoms with Gasteiger partial charge in [0.1, 0.15) is 6.10 Å². The number of hydrogen-bond acceptors (Lipinski definition) is 3. The van der Waals surface area contributed by atoms with Crippen molar-refractivity contribution in [1.29, 1.82) is 0 Å². The molecule has 0 fully saturated rings. The number of esters is 1. The number of rotatable bonds is 3. The minimum atomic E-state index is -0.257. The van der Waals surface area contributed by atoms with Crippen molar-refractivity contribution in [3.63, 3.8) is 0 Å². The van der Waals surface area contributed by atoms with Crippen LogP contribution in [0.25, 0.3) is 0 Å². The Morgan fingerprint density at radius 2 is 2.04 bits per heavy atom. The Kier molecular flexibility index (Phi) is 8.38. The molecule has 4 heteroatoms. The molecule has 0 radical (unpaired) electrons. The number of allylic oxidation sites excluding steroid dienone is 2. The highest BCUT2D eigenvalue weighted by molar-refractivity contribution is 5.76. The fourth-order valence-electron chi connectivity index (χ4n) is 2.82. The van der Waals surface area contributed by atoms with Gasteiger partial charge in [-0.05, 0) is 38.2 Å². The molecule has 23 heavy (non-hydrogen) atoms. The zero-order valence-corrected chi connectivity index (χ0v) is 14.5. The highest BCUT2D eigenvalue weighted by Crippen LogP contribution is 2.18. The van der Waals surface area contributed by atoms with E-state index >= 15 is 0 Å². The van der Waals surface area contributed by atoms with Gasteiger partial charge in [0.25, 0.3) is 0 Å². The van der Waals surface area contributed by atoms with Crippen molar-refractivity contribution in [2.24, 2.45) is 5.92 Å². The van der Waals surface area contributed by atoms with E-state index in [2.05, 4.69) is 18.8 Å². The standard InChI is InChI=1S/C19H29NO3/c1-5-9-14(2)19-15(3)12-13-17(23-16(4)21)10-7-6-8-11-18(22)20-19/h5,9,12-13,15,17,19H,1,6-8,10-11H2,2-4H3,(H,20,22)/t15-,17?,19?/m0/s1. The quantitative estimate of drug-likeness (QED) is 0.490. The summed E-state index contributed by atoms with van der Waals surface area (Å²) in [4.78, 5) is 23.4. The molecule has 1 aliphatic rings. The average molecular weight is 319 g/mol. The van der Waals surface area contributed by atoms with Gasteiger partial charge in [-0.1, -0.05) is 43.7 Å².